The third-order valence-corrected chi connectivity index (χ3v) is 2.77. The molecule has 0 radical (unpaired) electrons. The quantitative estimate of drug-likeness (QED) is 0.638. The minimum absolute atomic E-state index is 0.0666. The molecule has 0 amide bonds. The van der Waals surface area contributed by atoms with E-state index in [-0.39, 0.29) is 12.0 Å². The highest BCUT2D eigenvalue weighted by molar-refractivity contribution is 5.95. The van der Waals surface area contributed by atoms with Crippen molar-refractivity contribution in [1.29, 1.82) is 0 Å². The standard InChI is InChI=1S/C15H20FNO4/c1-15(2,3)21-14(20)12(13(18)19)11(17)8-9-6-4-5-7-10(9)16/h4-7,11-12H,8,17H2,1-3H3,(H,18,19)/t11-,12-/m1/s1. The average Bonchev–Trinajstić information content (AvgIpc) is 2.29. The molecule has 0 aliphatic carbocycles. The van der Waals surface area contributed by atoms with Crippen molar-refractivity contribution >= 4 is 11.9 Å². The Hall–Kier alpha value is -1.95. The lowest BCUT2D eigenvalue weighted by molar-refractivity contribution is -0.167. The summed E-state index contributed by atoms with van der Waals surface area (Å²) in [6.45, 7) is 4.89. The Kier molecular flexibility index (Phi) is 5.43. The van der Waals surface area contributed by atoms with Crippen molar-refractivity contribution < 1.29 is 23.8 Å². The van der Waals surface area contributed by atoms with Crippen molar-refractivity contribution in [3.8, 4) is 0 Å². The Balaban J connectivity index is 2.88. The third kappa shape index (κ3) is 5.15. The largest absolute Gasteiger partial charge is 0.481 e. The summed E-state index contributed by atoms with van der Waals surface area (Å²) < 4.78 is 18.6. The number of carbonyl (C=O) groups is 2. The van der Waals surface area contributed by atoms with Crippen LogP contribution in [0.4, 0.5) is 4.39 Å². The number of benzene rings is 1. The van der Waals surface area contributed by atoms with Crippen LogP contribution in [0.2, 0.25) is 0 Å². The molecule has 0 saturated heterocycles. The first-order valence-corrected chi connectivity index (χ1v) is 6.56. The zero-order valence-corrected chi connectivity index (χ0v) is 12.3. The van der Waals surface area contributed by atoms with Gasteiger partial charge in [-0.3, -0.25) is 9.59 Å². The molecule has 0 bridgehead atoms. The van der Waals surface area contributed by atoms with E-state index in [4.69, 9.17) is 10.5 Å². The number of carboxylic acid groups (broad SMARTS) is 1. The fourth-order valence-corrected chi connectivity index (χ4v) is 1.86. The second kappa shape index (κ2) is 6.67. The van der Waals surface area contributed by atoms with E-state index in [1.165, 1.54) is 18.2 Å². The summed E-state index contributed by atoms with van der Waals surface area (Å²) in [5.74, 6) is -4.32. The maximum absolute atomic E-state index is 13.6. The van der Waals surface area contributed by atoms with E-state index in [1.807, 2.05) is 0 Å². The van der Waals surface area contributed by atoms with E-state index in [0.717, 1.165) is 0 Å². The van der Waals surface area contributed by atoms with E-state index >= 15 is 0 Å². The van der Waals surface area contributed by atoms with Gasteiger partial charge in [-0.15, -0.1) is 0 Å². The second-order valence-corrected chi connectivity index (χ2v) is 5.81. The normalized spacial score (nSPS) is 14.3. The van der Waals surface area contributed by atoms with Crippen LogP contribution in [-0.2, 0) is 20.7 Å². The summed E-state index contributed by atoms with van der Waals surface area (Å²) in [6.07, 6.45) is -0.0666. The topological polar surface area (TPSA) is 89.6 Å². The lowest BCUT2D eigenvalue weighted by Crippen LogP contribution is -2.45. The number of carbonyl (C=O) groups excluding carboxylic acids is 1. The number of ether oxygens (including phenoxy) is 1. The van der Waals surface area contributed by atoms with Crippen LogP contribution in [0.1, 0.15) is 26.3 Å². The van der Waals surface area contributed by atoms with Gasteiger partial charge in [-0.05, 0) is 38.8 Å². The van der Waals surface area contributed by atoms with Crippen LogP contribution in [0.5, 0.6) is 0 Å². The number of carboxylic acids is 1. The summed E-state index contributed by atoms with van der Waals surface area (Å²) in [6, 6.07) is 4.82. The van der Waals surface area contributed by atoms with Gasteiger partial charge in [0.25, 0.3) is 0 Å². The smallest absolute Gasteiger partial charge is 0.322 e. The first-order valence-electron chi connectivity index (χ1n) is 6.56. The molecule has 1 rings (SSSR count). The van der Waals surface area contributed by atoms with Crippen LogP contribution in [0.3, 0.4) is 0 Å². The number of rotatable bonds is 5. The predicted octanol–water partition coefficient (Wildman–Crippen LogP) is 1.74. The Bertz CT molecular complexity index is 525. The van der Waals surface area contributed by atoms with Crippen LogP contribution in [0, 0.1) is 11.7 Å². The van der Waals surface area contributed by atoms with Gasteiger partial charge in [-0.1, -0.05) is 18.2 Å². The van der Waals surface area contributed by atoms with E-state index < -0.39 is 35.3 Å². The highest BCUT2D eigenvalue weighted by Crippen LogP contribution is 2.17. The van der Waals surface area contributed by atoms with Crippen LogP contribution in [0.25, 0.3) is 0 Å². The van der Waals surface area contributed by atoms with Gasteiger partial charge in [-0.25, -0.2) is 4.39 Å². The van der Waals surface area contributed by atoms with Crippen molar-refractivity contribution in [1.82, 2.24) is 0 Å². The van der Waals surface area contributed by atoms with Crippen LogP contribution in [-0.4, -0.2) is 28.7 Å². The molecule has 3 N–H and O–H groups in total. The van der Waals surface area contributed by atoms with Gasteiger partial charge in [0.15, 0.2) is 5.92 Å². The number of hydrogen-bond acceptors (Lipinski definition) is 4. The number of hydrogen-bond donors (Lipinski definition) is 2. The van der Waals surface area contributed by atoms with Crippen molar-refractivity contribution in [2.45, 2.75) is 38.8 Å². The molecule has 2 atom stereocenters. The second-order valence-electron chi connectivity index (χ2n) is 5.81. The van der Waals surface area contributed by atoms with Crippen molar-refractivity contribution in [3.05, 3.63) is 35.6 Å². The molecule has 0 unspecified atom stereocenters. The van der Waals surface area contributed by atoms with Crippen LogP contribution in [0.15, 0.2) is 24.3 Å². The zero-order valence-electron chi connectivity index (χ0n) is 12.3. The van der Waals surface area contributed by atoms with Gasteiger partial charge in [0.2, 0.25) is 0 Å². The average molecular weight is 297 g/mol. The summed E-state index contributed by atoms with van der Waals surface area (Å²) in [7, 11) is 0. The molecule has 0 aliphatic heterocycles. The molecule has 5 nitrogen and oxygen atoms in total. The molecule has 1 aromatic rings. The maximum atomic E-state index is 13.6. The maximum Gasteiger partial charge on any atom is 0.322 e. The van der Waals surface area contributed by atoms with Gasteiger partial charge in [0.05, 0.1) is 0 Å². The van der Waals surface area contributed by atoms with Crippen LogP contribution >= 0.6 is 0 Å². The molecular weight excluding hydrogens is 277 g/mol. The van der Waals surface area contributed by atoms with E-state index in [2.05, 4.69) is 0 Å². The lowest BCUT2D eigenvalue weighted by Gasteiger charge is -2.25. The van der Waals surface area contributed by atoms with E-state index in [9.17, 15) is 19.1 Å². The SMILES string of the molecule is CC(C)(C)OC(=O)[C@@H](C(=O)O)[C@H](N)Cc1ccccc1F. The molecule has 1 aromatic carbocycles. The summed E-state index contributed by atoms with van der Waals surface area (Å²) in [5, 5.41) is 9.18. The van der Waals surface area contributed by atoms with Gasteiger partial charge in [-0.2, -0.15) is 0 Å². The Morgan fingerprint density at radius 1 is 1.33 bits per heavy atom. The minimum atomic E-state index is -1.54. The van der Waals surface area contributed by atoms with Gasteiger partial charge in [0, 0.05) is 6.04 Å². The number of esters is 1. The molecular formula is C15H20FNO4. The number of aliphatic carboxylic acids is 1. The number of nitrogens with two attached hydrogens (primary N) is 1. The monoisotopic (exact) mass is 297 g/mol. The lowest BCUT2D eigenvalue weighted by atomic mass is 9.94. The Labute approximate surface area is 122 Å². The molecule has 21 heavy (non-hydrogen) atoms. The van der Waals surface area contributed by atoms with Crippen molar-refractivity contribution in [2.75, 3.05) is 0 Å². The molecule has 0 fully saturated rings. The first-order chi connectivity index (χ1) is 9.61. The highest BCUT2D eigenvalue weighted by Gasteiger charge is 2.36. The van der Waals surface area contributed by atoms with Gasteiger partial charge < -0.3 is 15.6 Å². The summed E-state index contributed by atoms with van der Waals surface area (Å²) in [4.78, 5) is 23.2. The van der Waals surface area contributed by atoms with Crippen molar-refractivity contribution in [3.63, 3.8) is 0 Å². The van der Waals surface area contributed by atoms with E-state index in [0.29, 0.717) is 0 Å². The van der Waals surface area contributed by atoms with Gasteiger partial charge in [0.1, 0.15) is 11.4 Å². The van der Waals surface area contributed by atoms with E-state index in [1.54, 1.807) is 26.8 Å². The molecule has 116 valence electrons. The Morgan fingerprint density at radius 2 is 1.90 bits per heavy atom. The molecule has 0 spiro atoms. The van der Waals surface area contributed by atoms with Crippen molar-refractivity contribution in [2.24, 2.45) is 11.7 Å². The van der Waals surface area contributed by atoms with Crippen LogP contribution < -0.4 is 5.73 Å². The molecule has 6 heteroatoms. The molecule has 0 aromatic heterocycles. The fraction of sp³-hybridized carbons (Fsp3) is 0.467. The molecule has 0 heterocycles. The Morgan fingerprint density at radius 3 is 2.38 bits per heavy atom. The highest BCUT2D eigenvalue weighted by atomic mass is 19.1. The fourth-order valence-electron chi connectivity index (χ4n) is 1.86. The minimum Gasteiger partial charge on any atom is -0.481 e. The molecule has 0 aliphatic rings. The summed E-state index contributed by atoms with van der Waals surface area (Å²) in [5.41, 5.74) is 5.24. The summed E-state index contributed by atoms with van der Waals surface area (Å²) >= 11 is 0. The molecule has 0 saturated carbocycles. The third-order valence-electron chi connectivity index (χ3n) is 2.77. The van der Waals surface area contributed by atoms with Gasteiger partial charge >= 0.3 is 11.9 Å². The number of halogens is 1. The zero-order chi connectivity index (χ0) is 16.2. The predicted molar refractivity (Wildman–Crippen MR) is 75.1 cm³/mol. The first kappa shape index (κ1) is 17.1.